The second-order valence-corrected chi connectivity index (χ2v) is 4.60. The highest BCUT2D eigenvalue weighted by atomic mass is 127. The standard InChI is InChI=1S/C9H11IN2/c10-4-7-8-5-1-2-6(3-5)9(8)12-11-7/h5-6H,1-4H2,(H,11,12). The zero-order valence-corrected chi connectivity index (χ0v) is 8.97. The molecule has 0 spiro atoms. The number of rotatable bonds is 1. The minimum absolute atomic E-state index is 0.828. The number of hydrogen-bond donors (Lipinski definition) is 1. The summed E-state index contributed by atoms with van der Waals surface area (Å²) in [5, 5.41) is 7.58. The third kappa shape index (κ3) is 0.779. The average Bonchev–Trinajstić information content (AvgIpc) is 2.76. The van der Waals surface area contributed by atoms with Crippen LogP contribution in [-0.4, -0.2) is 10.2 Å². The monoisotopic (exact) mass is 274 g/mol. The van der Waals surface area contributed by atoms with E-state index in [1.165, 1.54) is 30.7 Å². The molecule has 0 aliphatic heterocycles. The van der Waals surface area contributed by atoms with Gasteiger partial charge < -0.3 is 0 Å². The van der Waals surface area contributed by atoms with E-state index in [9.17, 15) is 0 Å². The van der Waals surface area contributed by atoms with Crippen LogP contribution in [0.4, 0.5) is 0 Å². The fraction of sp³-hybridized carbons (Fsp3) is 0.667. The maximum atomic E-state index is 4.36. The predicted octanol–water partition coefficient (Wildman–Crippen LogP) is 2.71. The molecule has 2 nitrogen and oxygen atoms in total. The van der Waals surface area contributed by atoms with Gasteiger partial charge in [-0.1, -0.05) is 22.6 Å². The first kappa shape index (κ1) is 7.35. The molecule has 2 unspecified atom stereocenters. The number of aromatic nitrogens is 2. The summed E-state index contributed by atoms with van der Waals surface area (Å²) in [6, 6.07) is 0. The summed E-state index contributed by atoms with van der Waals surface area (Å²) in [7, 11) is 0. The van der Waals surface area contributed by atoms with Crippen LogP contribution < -0.4 is 0 Å². The largest absolute Gasteiger partial charge is 0.282 e. The van der Waals surface area contributed by atoms with Gasteiger partial charge in [-0.2, -0.15) is 5.10 Å². The van der Waals surface area contributed by atoms with Gasteiger partial charge in [-0.3, -0.25) is 5.10 Å². The van der Waals surface area contributed by atoms with Crippen LogP contribution in [0.15, 0.2) is 0 Å². The topological polar surface area (TPSA) is 28.7 Å². The molecule has 2 bridgehead atoms. The quantitative estimate of drug-likeness (QED) is 0.619. The third-order valence-corrected chi connectivity index (χ3v) is 4.01. The number of halogens is 1. The predicted molar refractivity (Wildman–Crippen MR) is 55.6 cm³/mol. The van der Waals surface area contributed by atoms with Crippen LogP contribution in [0, 0.1) is 0 Å². The van der Waals surface area contributed by atoms with Gasteiger partial charge in [-0.15, -0.1) is 0 Å². The maximum Gasteiger partial charge on any atom is 0.0757 e. The van der Waals surface area contributed by atoms with E-state index in [-0.39, 0.29) is 0 Å². The number of alkyl halides is 1. The molecule has 1 aromatic heterocycles. The zero-order valence-electron chi connectivity index (χ0n) is 6.81. The molecular formula is C9H11IN2. The molecule has 0 amide bonds. The van der Waals surface area contributed by atoms with E-state index in [0.29, 0.717) is 0 Å². The molecule has 1 aromatic rings. The Morgan fingerprint density at radius 1 is 1.42 bits per heavy atom. The molecule has 2 aliphatic carbocycles. The number of fused-ring (bicyclic) bond motifs is 5. The lowest BCUT2D eigenvalue weighted by molar-refractivity contribution is 0.700. The lowest BCUT2D eigenvalue weighted by Gasteiger charge is -2.09. The molecule has 0 aromatic carbocycles. The second kappa shape index (κ2) is 2.47. The van der Waals surface area contributed by atoms with Crippen molar-refractivity contribution in [1.29, 1.82) is 0 Å². The Bertz CT molecular complexity index is 318. The van der Waals surface area contributed by atoms with Gasteiger partial charge in [0, 0.05) is 21.6 Å². The highest BCUT2D eigenvalue weighted by Crippen LogP contribution is 2.53. The number of nitrogens with zero attached hydrogens (tertiary/aromatic N) is 1. The summed E-state index contributed by atoms with van der Waals surface area (Å²) in [6.45, 7) is 0. The first-order valence-electron chi connectivity index (χ1n) is 4.53. The first-order valence-corrected chi connectivity index (χ1v) is 6.05. The summed E-state index contributed by atoms with van der Waals surface area (Å²) in [5.41, 5.74) is 4.37. The third-order valence-electron chi connectivity index (χ3n) is 3.29. The van der Waals surface area contributed by atoms with Gasteiger partial charge in [0.1, 0.15) is 0 Å². The summed E-state index contributed by atoms with van der Waals surface area (Å²) >= 11 is 2.40. The lowest BCUT2D eigenvalue weighted by atomic mass is 9.96. The van der Waals surface area contributed by atoms with Crippen molar-refractivity contribution in [2.75, 3.05) is 0 Å². The minimum atomic E-state index is 0.828. The van der Waals surface area contributed by atoms with Crippen LogP contribution in [0.2, 0.25) is 0 Å². The van der Waals surface area contributed by atoms with Gasteiger partial charge in [-0.25, -0.2) is 0 Å². The van der Waals surface area contributed by atoms with Crippen molar-refractivity contribution in [2.24, 2.45) is 0 Å². The molecule has 3 heteroatoms. The number of hydrogen-bond acceptors (Lipinski definition) is 1. The van der Waals surface area contributed by atoms with Crippen molar-refractivity contribution in [3.8, 4) is 0 Å². The number of nitrogens with one attached hydrogen (secondary N) is 1. The van der Waals surface area contributed by atoms with E-state index in [2.05, 4.69) is 32.8 Å². The van der Waals surface area contributed by atoms with Crippen LogP contribution in [0.3, 0.4) is 0 Å². The molecular weight excluding hydrogens is 263 g/mol. The average molecular weight is 274 g/mol. The minimum Gasteiger partial charge on any atom is -0.282 e. The van der Waals surface area contributed by atoms with E-state index >= 15 is 0 Å². The maximum absolute atomic E-state index is 4.36. The SMILES string of the molecule is ICc1n[nH]c2c1C1CCC2C1. The van der Waals surface area contributed by atoms with Crippen molar-refractivity contribution >= 4 is 22.6 Å². The molecule has 1 N–H and O–H groups in total. The van der Waals surface area contributed by atoms with Crippen LogP contribution in [0.5, 0.6) is 0 Å². The van der Waals surface area contributed by atoms with Crippen LogP contribution in [-0.2, 0) is 4.43 Å². The molecule has 2 aliphatic rings. The van der Waals surface area contributed by atoms with E-state index in [0.717, 1.165) is 16.3 Å². The van der Waals surface area contributed by atoms with Crippen LogP contribution >= 0.6 is 22.6 Å². The lowest BCUT2D eigenvalue weighted by Crippen LogP contribution is -1.96. The van der Waals surface area contributed by atoms with Gasteiger partial charge >= 0.3 is 0 Å². The molecule has 12 heavy (non-hydrogen) atoms. The first-order chi connectivity index (χ1) is 5.90. The Kier molecular flexibility index (Phi) is 1.51. The summed E-state index contributed by atoms with van der Waals surface area (Å²) < 4.78 is 1.06. The molecule has 0 saturated heterocycles. The smallest absolute Gasteiger partial charge is 0.0757 e. The summed E-state index contributed by atoms with van der Waals surface area (Å²) in [5.74, 6) is 1.68. The molecule has 1 saturated carbocycles. The van der Waals surface area contributed by atoms with Gasteiger partial charge in [0.15, 0.2) is 0 Å². The Balaban J connectivity index is 2.16. The van der Waals surface area contributed by atoms with Gasteiger partial charge in [0.2, 0.25) is 0 Å². The van der Waals surface area contributed by atoms with E-state index in [1.807, 2.05) is 0 Å². The molecule has 1 heterocycles. The zero-order chi connectivity index (χ0) is 8.13. The Morgan fingerprint density at radius 3 is 3.08 bits per heavy atom. The molecule has 3 rings (SSSR count). The van der Waals surface area contributed by atoms with Crippen molar-refractivity contribution in [3.63, 3.8) is 0 Å². The Morgan fingerprint density at radius 2 is 2.25 bits per heavy atom. The van der Waals surface area contributed by atoms with Crippen molar-refractivity contribution in [3.05, 3.63) is 17.0 Å². The summed E-state index contributed by atoms with van der Waals surface area (Å²) in [6.07, 6.45) is 4.19. The normalized spacial score (nSPS) is 31.1. The molecule has 0 radical (unpaired) electrons. The van der Waals surface area contributed by atoms with Crippen molar-refractivity contribution < 1.29 is 0 Å². The van der Waals surface area contributed by atoms with Crippen molar-refractivity contribution in [2.45, 2.75) is 35.5 Å². The van der Waals surface area contributed by atoms with Crippen LogP contribution in [0.25, 0.3) is 0 Å². The highest BCUT2D eigenvalue weighted by molar-refractivity contribution is 14.1. The van der Waals surface area contributed by atoms with Gasteiger partial charge in [-0.05, 0) is 25.2 Å². The second-order valence-electron chi connectivity index (χ2n) is 3.84. The molecule has 2 atom stereocenters. The van der Waals surface area contributed by atoms with E-state index < -0.39 is 0 Å². The fourth-order valence-corrected chi connectivity index (χ4v) is 3.36. The Hall–Kier alpha value is -0.0600. The van der Waals surface area contributed by atoms with Gasteiger partial charge in [0.25, 0.3) is 0 Å². The van der Waals surface area contributed by atoms with E-state index in [4.69, 9.17) is 0 Å². The highest BCUT2D eigenvalue weighted by Gasteiger charge is 2.40. The van der Waals surface area contributed by atoms with Crippen molar-refractivity contribution in [1.82, 2.24) is 10.2 Å². The number of H-pyrrole nitrogens is 1. The Labute approximate surface area is 85.3 Å². The number of aromatic amines is 1. The fourth-order valence-electron chi connectivity index (χ4n) is 2.78. The molecule has 64 valence electrons. The van der Waals surface area contributed by atoms with Gasteiger partial charge in [0.05, 0.1) is 5.69 Å². The molecule has 1 fully saturated rings. The van der Waals surface area contributed by atoms with E-state index in [1.54, 1.807) is 5.56 Å². The van der Waals surface area contributed by atoms with Crippen LogP contribution in [0.1, 0.15) is 48.0 Å². The summed E-state index contributed by atoms with van der Waals surface area (Å²) in [4.78, 5) is 0.